The molecule has 3 unspecified atom stereocenters. The van der Waals surface area contributed by atoms with Crippen LogP contribution >= 0.6 is 24.4 Å². The minimum Gasteiger partial charge on any atom is -0.481 e. The summed E-state index contributed by atoms with van der Waals surface area (Å²) in [5.74, 6) is 0.0340. The molecule has 2 aliphatic rings. The number of likely N-dealkylation sites (tertiary alicyclic amines) is 1. The van der Waals surface area contributed by atoms with E-state index in [1.807, 2.05) is 13.8 Å². The molecule has 1 fully saturated rings. The van der Waals surface area contributed by atoms with Gasteiger partial charge in [0.05, 0.1) is 5.25 Å². The standard InChI is InChI=1S/C13H23NO4S.C11H17NO4.C2H6S/c1-3-19-10-9-13(2,18)14(12(10)17)8-6-4-5-7-11(15)16;1-11(16)7-6-9(13)12(11)8-4-2-3-5-10(14)15;1-2-3/h10,18H,3-9H2,1-2H3,(H,15,16);6-7,16H,2-5,8H2,1H3,(H,14,15);3H,2H2,1H3. The van der Waals surface area contributed by atoms with Crippen molar-refractivity contribution in [1.82, 2.24) is 9.80 Å². The van der Waals surface area contributed by atoms with E-state index in [9.17, 15) is 29.4 Å². The quantitative estimate of drug-likeness (QED) is 0.154. The summed E-state index contributed by atoms with van der Waals surface area (Å²) in [6.07, 6.45) is 7.78. The third-order valence-corrected chi connectivity index (χ3v) is 7.07. The minimum absolute atomic E-state index is 0.00934. The fraction of sp³-hybridized carbons (Fsp3) is 0.769. The number of thioether (sulfide) groups is 1. The van der Waals surface area contributed by atoms with Crippen LogP contribution in [-0.4, -0.2) is 95.3 Å². The van der Waals surface area contributed by atoms with Crippen LogP contribution in [0.2, 0.25) is 0 Å². The number of carbonyl (C=O) groups is 4. The van der Waals surface area contributed by atoms with Gasteiger partial charge in [-0.2, -0.15) is 12.6 Å². The molecule has 0 aromatic heterocycles. The van der Waals surface area contributed by atoms with Gasteiger partial charge in [-0.1, -0.05) is 26.7 Å². The van der Waals surface area contributed by atoms with Crippen molar-refractivity contribution in [2.45, 2.75) is 102 Å². The molecule has 0 saturated carbocycles. The van der Waals surface area contributed by atoms with Gasteiger partial charge in [-0.05, 0) is 57.1 Å². The summed E-state index contributed by atoms with van der Waals surface area (Å²) in [4.78, 5) is 47.0. The molecule has 2 aliphatic heterocycles. The zero-order chi connectivity index (χ0) is 29.4. The molecule has 0 radical (unpaired) electrons. The third kappa shape index (κ3) is 13.9. The summed E-state index contributed by atoms with van der Waals surface area (Å²) < 4.78 is 0. The monoisotopic (exact) mass is 578 g/mol. The number of carboxylic acid groups (broad SMARTS) is 2. The van der Waals surface area contributed by atoms with E-state index < -0.39 is 23.4 Å². The number of aliphatic carboxylic acids is 2. The van der Waals surface area contributed by atoms with Crippen molar-refractivity contribution in [3.63, 3.8) is 0 Å². The van der Waals surface area contributed by atoms with Crippen LogP contribution in [0.4, 0.5) is 0 Å². The molecule has 220 valence electrons. The molecule has 2 amide bonds. The molecule has 0 aromatic rings. The second-order valence-electron chi connectivity index (χ2n) is 9.50. The first kappa shape index (κ1) is 36.2. The summed E-state index contributed by atoms with van der Waals surface area (Å²) in [6, 6.07) is 0. The zero-order valence-electron chi connectivity index (χ0n) is 23.1. The Hall–Kier alpha value is -1.76. The lowest BCUT2D eigenvalue weighted by Gasteiger charge is -2.29. The van der Waals surface area contributed by atoms with Gasteiger partial charge in [0.25, 0.3) is 0 Å². The Morgan fingerprint density at radius 1 is 0.947 bits per heavy atom. The van der Waals surface area contributed by atoms with Gasteiger partial charge in [-0.15, -0.1) is 11.8 Å². The lowest BCUT2D eigenvalue weighted by atomic mass is 10.1. The van der Waals surface area contributed by atoms with Crippen molar-refractivity contribution in [3.8, 4) is 0 Å². The predicted molar refractivity (Wildman–Crippen MR) is 152 cm³/mol. The Morgan fingerprint density at radius 2 is 1.42 bits per heavy atom. The molecule has 2 rings (SSSR count). The van der Waals surface area contributed by atoms with Gasteiger partial charge in [-0.25, -0.2) is 0 Å². The molecule has 0 aliphatic carbocycles. The van der Waals surface area contributed by atoms with Crippen molar-refractivity contribution < 1.29 is 39.6 Å². The summed E-state index contributed by atoms with van der Waals surface area (Å²) in [6.45, 7) is 8.19. The Balaban J connectivity index is 0.000000660. The Labute approximate surface area is 236 Å². The van der Waals surface area contributed by atoms with E-state index in [0.29, 0.717) is 38.8 Å². The lowest BCUT2D eigenvalue weighted by molar-refractivity contribution is -0.143. The van der Waals surface area contributed by atoms with Crippen LogP contribution in [0.25, 0.3) is 0 Å². The fourth-order valence-electron chi connectivity index (χ4n) is 4.06. The Morgan fingerprint density at radius 3 is 1.82 bits per heavy atom. The highest BCUT2D eigenvalue weighted by Gasteiger charge is 2.46. The first-order valence-electron chi connectivity index (χ1n) is 13.2. The summed E-state index contributed by atoms with van der Waals surface area (Å²) in [5.41, 5.74) is -2.25. The molecule has 3 atom stereocenters. The molecule has 0 aromatic carbocycles. The maximum atomic E-state index is 12.1. The summed E-state index contributed by atoms with van der Waals surface area (Å²) >= 11 is 5.36. The van der Waals surface area contributed by atoms with Crippen LogP contribution < -0.4 is 0 Å². The number of unbranched alkanes of at least 4 members (excludes halogenated alkanes) is 4. The number of amides is 2. The van der Waals surface area contributed by atoms with Gasteiger partial charge in [0.2, 0.25) is 11.8 Å². The maximum Gasteiger partial charge on any atom is 0.303 e. The molecule has 4 N–H and O–H groups in total. The number of nitrogens with zero attached hydrogens (tertiary/aromatic N) is 2. The molecule has 2 heterocycles. The highest BCUT2D eigenvalue weighted by Crippen LogP contribution is 2.34. The average molecular weight is 579 g/mol. The van der Waals surface area contributed by atoms with E-state index in [1.54, 1.807) is 30.5 Å². The molecule has 38 heavy (non-hydrogen) atoms. The van der Waals surface area contributed by atoms with E-state index in [4.69, 9.17) is 10.2 Å². The molecule has 1 saturated heterocycles. The van der Waals surface area contributed by atoms with E-state index in [2.05, 4.69) is 12.6 Å². The average Bonchev–Trinajstić information content (AvgIpc) is 3.19. The second kappa shape index (κ2) is 18.5. The maximum absolute atomic E-state index is 12.1. The summed E-state index contributed by atoms with van der Waals surface area (Å²) in [7, 11) is 0. The third-order valence-electron chi connectivity index (χ3n) is 5.96. The van der Waals surface area contributed by atoms with Gasteiger partial charge >= 0.3 is 11.9 Å². The predicted octanol–water partition coefficient (Wildman–Crippen LogP) is 3.37. The molecule has 12 heteroatoms. The van der Waals surface area contributed by atoms with Gasteiger partial charge in [0, 0.05) is 38.4 Å². The number of thiol groups is 1. The number of carbonyl (C=O) groups excluding carboxylic acids is 2. The topological polar surface area (TPSA) is 156 Å². The van der Waals surface area contributed by atoms with Crippen LogP contribution in [0, 0.1) is 0 Å². The van der Waals surface area contributed by atoms with Crippen LogP contribution in [0.5, 0.6) is 0 Å². The van der Waals surface area contributed by atoms with Crippen molar-refractivity contribution in [1.29, 1.82) is 0 Å². The first-order chi connectivity index (χ1) is 17.7. The van der Waals surface area contributed by atoms with E-state index in [0.717, 1.165) is 30.8 Å². The number of carboxylic acids is 2. The van der Waals surface area contributed by atoms with E-state index >= 15 is 0 Å². The highest BCUT2D eigenvalue weighted by molar-refractivity contribution is 8.00. The number of hydrogen-bond acceptors (Lipinski definition) is 8. The lowest BCUT2D eigenvalue weighted by Crippen LogP contribution is -2.44. The second-order valence-corrected chi connectivity index (χ2v) is 11.6. The van der Waals surface area contributed by atoms with Crippen molar-refractivity contribution in [2.75, 3.05) is 24.6 Å². The largest absolute Gasteiger partial charge is 0.481 e. The van der Waals surface area contributed by atoms with E-state index in [-0.39, 0.29) is 29.9 Å². The van der Waals surface area contributed by atoms with Crippen LogP contribution in [-0.2, 0) is 19.2 Å². The van der Waals surface area contributed by atoms with Gasteiger partial charge < -0.3 is 30.2 Å². The minimum atomic E-state index is -1.19. The van der Waals surface area contributed by atoms with Gasteiger partial charge in [-0.3, -0.25) is 19.2 Å². The number of rotatable bonds is 14. The van der Waals surface area contributed by atoms with Gasteiger partial charge in [0.15, 0.2) is 5.72 Å². The van der Waals surface area contributed by atoms with Crippen LogP contribution in [0.1, 0.15) is 85.5 Å². The summed E-state index contributed by atoms with van der Waals surface area (Å²) in [5, 5.41) is 36.9. The fourth-order valence-corrected chi connectivity index (χ4v) is 5.16. The zero-order valence-corrected chi connectivity index (χ0v) is 24.8. The van der Waals surface area contributed by atoms with E-state index in [1.165, 1.54) is 17.1 Å². The molecule has 0 spiro atoms. The van der Waals surface area contributed by atoms with Gasteiger partial charge in [0.1, 0.15) is 5.72 Å². The van der Waals surface area contributed by atoms with Crippen molar-refractivity contribution in [2.24, 2.45) is 0 Å². The smallest absolute Gasteiger partial charge is 0.303 e. The first-order valence-corrected chi connectivity index (χ1v) is 14.8. The molecule has 0 bridgehead atoms. The normalized spacial score (nSPS) is 24.1. The highest BCUT2D eigenvalue weighted by atomic mass is 32.2. The van der Waals surface area contributed by atoms with Crippen LogP contribution in [0.3, 0.4) is 0 Å². The Bertz CT molecular complexity index is 789. The van der Waals surface area contributed by atoms with Crippen molar-refractivity contribution >= 4 is 48.1 Å². The molecular weight excluding hydrogens is 532 g/mol. The van der Waals surface area contributed by atoms with Crippen molar-refractivity contribution in [3.05, 3.63) is 12.2 Å². The van der Waals surface area contributed by atoms with Crippen LogP contribution in [0.15, 0.2) is 12.2 Å². The number of hydrogen-bond donors (Lipinski definition) is 5. The molecular formula is C26H46N2O8S2. The molecule has 10 nitrogen and oxygen atoms in total. The SMILES string of the molecule is CC1(O)C=CC(=O)N1CCCCCC(=O)O.CCS.CCSC1CC(C)(O)N(CCCCCC(=O)O)C1=O. The number of aliphatic hydroxyl groups is 2. The Kier molecular flexibility index (Phi) is 17.7.